The van der Waals surface area contributed by atoms with E-state index in [4.69, 9.17) is 11.6 Å². The second-order valence-electron chi connectivity index (χ2n) is 4.91. The molecule has 2 rings (SSSR count). The quantitative estimate of drug-likeness (QED) is 0.778. The van der Waals surface area contributed by atoms with Gasteiger partial charge in [-0.3, -0.25) is 0 Å². The molecular formula is C14H19BrClN. The Labute approximate surface area is 117 Å². The van der Waals surface area contributed by atoms with E-state index < -0.39 is 0 Å². The van der Waals surface area contributed by atoms with Crippen LogP contribution in [0.5, 0.6) is 0 Å². The van der Waals surface area contributed by atoms with Gasteiger partial charge in [-0.05, 0) is 37.0 Å². The van der Waals surface area contributed by atoms with Crippen molar-refractivity contribution < 1.29 is 0 Å². The average molecular weight is 317 g/mol. The molecule has 1 nitrogen and oxygen atoms in total. The number of hydrogen-bond donors (Lipinski definition) is 1. The molecule has 0 bridgehead atoms. The third kappa shape index (κ3) is 3.62. The minimum Gasteiger partial charge on any atom is -0.381 e. The first-order valence-corrected chi connectivity index (χ1v) is 7.57. The Hall–Kier alpha value is -0.210. The molecule has 1 aliphatic carbocycles. The van der Waals surface area contributed by atoms with Crippen molar-refractivity contribution in [3.63, 3.8) is 0 Å². The molecule has 1 aromatic rings. The van der Waals surface area contributed by atoms with Crippen LogP contribution >= 0.6 is 27.5 Å². The first-order valence-electron chi connectivity index (χ1n) is 6.40. The van der Waals surface area contributed by atoms with Gasteiger partial charge in [0.2, 0.25) is 0 Å². The van der Waals surface area contributed by atoms with Crippen LogP contribution in [0.2, 0.25) is 5.02 Å². The van der Waals surface area contributed by atoms with Crippen LogP contribution in [0, 0.1) is 5.92 Å². The Bertz CT molecular complexity index is 380. The molecular weight excluding hydrogens is 298 g/mol. The van der Waals surface area contributed by atoms with Crippen molar-refractivity contribution in [2.45, 2.75) is 45.1 Å². The Morgan fingerprint density at radius 1 is 1.41 bits per heavy atom. The number of anilines is 1. The van der Waals surface area contributed by atoms with Crippen molar-refractivity contribution in [3.05, 3.63) is 27.7 Å². The third-order valence-electron chi connectivity index (χ3n) is 3.65. The van der Waals surface area contributed by atoms with Gasteiger partial charge in [-0.25, -0.2) is 0 Å². The first kappa shape index (κ1) is 13.2. The Morgan fingerprint density at radius 3 is 2.94 bits per heavy atom. The predicted octanol–water partition coefficient (Wildman–Crippen LogP) is 5.48. The molecule has 3 heteroatoms. The van der Waals surface area contributed by atoms with Crippen LogP contribution in [0.1, 0.15) is 39.0 Å². The molecule has 17 heavy (non-hydrogen) atoms. The fraction of sp³-hybridized carbons (Fsp3) is 0.571. The van der Waals surface area contributed by atoms with Gasteiger partial charge in [-0.2, -0.15) is 0 Å². The Morgan fingerprint density at radius 2 is 2.24 bits per heavy atom. The molecule has 0 aliphatic heterocycles. The van der Waals surface area contributed by atoms with E-state index in [0.29, 0.717) is 6.04 Å². The summed E-state index contributed by atoms with van der Waals surface area (Å²) < 4.78 is 1.03. The molecule has 2 atom stereocenters. The molecule has 1 N–H and O–H groups in total. The highest BCUT2D eigenvalue weighted by atomic mass is 79.9. The summed E-state index contributed by atoms with van der Waals surface area (Å²) >= 11 is 9.66. The predicted molar refractivity (Wildman–Crippen MR) is 78.8 cm³/mol. The fourth-order valence-electron chi connectivity index (χ4n) is 2.62. The maximum absolute atomic E-state index is 6.23. The van der Waals surface area contributed by atoms with Gasteiger partial charge in [0.15, 0.2) is 0 Å². The number of benzene rings is 1. The lowest BCUT2D eigenvalue weighted by Gasteiger charge is -2.30. The van der Waals surface area contributed by atoms with Crippen LogP contribution in [0.15, 0.2) is 22.7 Å². The molecule has 0 aromatic heterocycles. The van der Waals surface area contributed by atoms with Gasteiger partial charge in [0, 0.05) is 10.5 Å². The molecule has 1 saturated carbocycles. The molecule has 0 amide bonds. The number of halogens is 2. The smallest absolute Gasteiger partial charge is 0.0648 e. The summed E-state index contributed by atoms with van der Waals surface area (Å²) in [4.78, 5) is 0. The highest BCUT2D eigenvalue weighted by Crippen LogP contribution is 2.31. The van der Waals surface area contributed by atoms with Crippen molar-refractivity contribution in [2.24, 2.45) is 5.92 Å². The van der Waals surface area contributed by atoms with Gasteiger partial charge in [0.05, 0.1) is 10.7 Å². The van der Waals surface area contributed by atoms with Gasteiger partial charge in [-0.1, -0.05) is 53.7 Å². The standard InChI is InChI=1S/C14H19BrClN/c1-2-10-4-3-5-12(8-10)17-14-7-6-11(15)9-13(14)16/h6-7,9-10,12,17H,2-5,8H2,1H3. The van der Waals surface area contributed by atoms with Crippen LogP contribution in [-0.4, -0.2) is 6.04 Å². The molecule has 0 spiro atoms. The summed E-state index contributed by atoms with van der Waals surface area (Å²) in [6.07, 6.45) is 6.57. The van der Waals surface area contributed by atoms with Gasteiger partial charge < -0.3 is 5.32 Å². The van der Waals surface area contributed by atoms with E-state index in [1.807, 2.05) is 12.1 Å². The van der Waals surface area contributed by atoms with Gasteiger partial charge in [0.1, 0.15) is 0 Å². The molecule has 1 aromatic carbocycles. The second-order valence-corrected chi connectivity index (χ2v) is 6.23. The third-order valence-corrected chi connectivity index (χ3v) is 4.46. The van der Waals surface area contributed by atoms with E-state index in [-0.39, 0.29) is 0 Å². The van der Waals surface area contributed by atoms with Crippen molar-refractivity contribution in [1.82, 2.24) is 0 Å². The zero-order chi connectivity index (χ0) is 12.3. The summed E-state index contributed by atoms with van der Waals surface area (Å²) in [6.45, 7) is 2.29. The molecule has 94 valence electrons. The maximum atomic E-state index is 6.23. The van der Waals surface area contributed by atoms with Crippen molar-refractivity contribution in [1.29, 1.82) is 0 Å². The van der Waals surface area contributed by atoms with Crippen molar-refractivity contribution in [3.8, 4) is 0 Å². The molecule has 2 unspecified atom stereocenters. The first-order chi connectivity index (χ1) is 8.19. The number of nitrogens with one attached hydrogen (secondary N) is 1. The Balaban J connectivity index is 2.00. The van der Waals surface area contributed by atoms with Crippen LogP contribution in [0.4, 0.5) is 5.69 Å². The largest absolute Gasteiger partial charge is 0.381 e. The van der Waals surface area contributed by atoms with Gasteiger partial charge >= 0.3 is 0 Å². The van der Waals surface area contributed by atoms with Crippen LogP contribution < -0.4 is 5.32 Å². The lowest BCUT2D eigenvalue weighted by Crippen LogP contribution is -2.27. The van der Waals surface area contributed by atoms with Crippen molar-refractivity contribution >= 4 is 33.2 Å². The van der Waals surface area contributed by atoms with Gasteiger partial charge in [0.25, 0.3) is 0 Å². The normalized spacial score (nSPS) is 24.6. The van der Waals surface area contributed by atoms with E-state index in [1.165, 1.54) is 32.1 Å². The van der Waals surface area contributed by atoms with Crippen LogP contribution in [0.3, 0.4) is 0 Å². The van der Waals surface area contributed by atoms with E-state index in [1.54, 1.807) is 0 Å². The highest BCUT2D eigenvalue weighted by Gasteiger charge is 2.20. The highest BCUT2D eigenvalue weighted by molar-refractivity contribution is 9.10. The summed E-state index contributed by atoms with van der Waals surface area (Å²) in [5.41, 5.74) is 1.07. The summed E-state index contributed by atoms with van der Waals surface area (Å²) in [5, 5.41) is 4.39. The average Bonchev–Trinajstić information content (AvgIpc) is 2.33. The second kappa shape index (κ2) is 6.10. The molecule has 1 fully saturated rings. The molecule has 0 heterocycles. The topological polar surface area (TPSA) is 12.0 Å². The summed E-state index contributed by atoms with van der Waals surface area (Å²) in [7, 11) is 0. The monoisotopic (exact) mass is 315 g/mol. The maximum Gasteiger partial charge on any atom is 0.0648 e. The van der Waals surface area contributed by atoms with Crippen molar-refractivity contribution in [2.75, 3.05) is 5.32 Å². The number of hydrogen-bond acceptors (Lipinski definition) is 1. The van der Waals surface area contributed by atoms with E-state index >= 15 is 0 Å². The minimum absolute atomic E-state index is 0.590. The zero-order valence-electron chi connectivity index (χ0n) is 10.2. The minimum atomic E-state index is 0.590. The fourth-order valence-corrected chi connectivity index (χ4v) is 3.35. The Kier molecular flexibility index (Phi) is 4.75. The zero-order valence-corrected chi connectivity index (χ0v) is 12.5. The molecule has 0 radical (unpaired) electrons. The van der Waals surface area contributed by atoms with Crippen LogP contribution in [0.25, 0.3) is 0 Å². The van der Waals surface area contributed by atoms with E-state index in [0.717, 1.165) is 21.1 Å². The summed E-state index contributed by atoms with van der Waals surface area (Å²) in [6, 6.07) is 6.63. The lowest BCUT2D eigenvalue weighted by atomic mass is 9.84. The van der Waals surface area contributed by atoms with Gasteiger partial charge in [-0.15, -0.1) is 0 Å². The molecule has 1 aliphatic rings. The molecule has 0 saturated heterocycles. The summed E-state index contributed by atoms with van der Waals surface area (Å²) in [5.74, 6) is 0.885. The SMILES string of the molecule is CCC1CCCC(Nc2ccc(Br)cc2Cl)C1. The lowest BCUT2D eigenvalue weighted by molar-refractivity contribution is 0.327. The van der Waals surface area contributed by atoms with E-state index in [2.05, 4.69) is 34.2 Å². The van der Waals surface area contributed by atoms with Crippen LogP contribution in [-0.2, 0) is 0 Å². The number of rotatable bonds is 3. The van der Waals surface area contributed by atoms with E-state index in [9.17, 15) is 0 Å².